The van der Waals surface area contributed by atoms with E-state index in [1.807, 2.05) is 6.92 Å². The Hall–Kier alpha value is -3.03. The van der Waals surface area contributed by atoms with Crippen LogP contribution in [0, 0.1) is 6.92 Å². The van der Waals surface area contributed by atoms with E-state index in [0.717, 1.165) is 18.4 Å². The maximum absolute atomic E-state index is 13.2. The molecule has 0 spiro atoms. The summed E-state index contributed by atoms with van der Waals surface area (Å²) in [6.07, 6.45) is 1.55. The number of methoxy groups -OCH3 is 2. The fourth-order valence-corrected chi connectivity index (χ4v) is 4.82. The summed E-state index contributed by atoms with van der Waals surface area (Å²) in [6.45, 7) is 2.70. The number of ketones is 1. The van der Waals surface area contributed by atoms with Gasteiger partial charge >= 0.3 is 0 Å². The third-order valence-electron chi connectivity index (χ3n) is 6.04. The van der Waals surface area contributed by atoms with Gasteiger partial charge < -0.3 is 24.2 Å². The Bertz CT molecular complexity index is 1100. The number of hydrogen-bond acceptors (Lipinski definition) is 6. The molecule has 1 amide bonds. The number of amides is 1. The number of rotatable bonds is 6. The topological polar surface area (TPSA) is 85.3 Å². The zero-order valence-corrected chi connectivity index (χ0v) is 19.5. The number of aliphatic hydroxyl groups is 1. The number of ether oxygens (including phenoxy) is 3. The van der Waals surface area contributed by atoms with E-state index in [-0.39, 0.29) is 35.3 Å². The van der Waals surface area contributed by atoms with Gasteiger partial charge in [0.1, 0.15) is 17.3 Å². The van der Waals surface area contributed by atoms with Crippen molar-refractivity contribution in [2.24, 2.45) is 0 Å². The second kappa shape index (κ2) is 9.45. The van der Waals surface area contributed by atoms with Crippen LogP contribution in [0.25, 0.3) is 5.76 Å². The summed E-state index contributed by atoms with van der Waals surface area (Å²) in [5, 5.41) is 11.7. The van der Waals surface area contributed by atoms with Gasteiger partial charge in [0.05, 0.1) is 42.5 Å². The minimum absolute atomic E-state index is 0.0110. The van der Waals surface area contributed by atoms with Crippen molar-refractivity contribution in [2.45, 2.75) is 31.9 Å². The average molecular weight is 472 g/mol. The molecule has 0 saturated carbocycles. The lowest BCUT2D eigenvalue weighted by atomic mass is 9.94. The number of benzene rings is 2. The highest BCUT2D eigenvalue weighted by Gasteiger charge is 2.47. The Morgan fingerprint density at radius 1 is 1.18 bits per heavy atom. The lowest BCUT2D eigenvalue weighted by molar-refractivity contribution is -0.140. The lowest BCUT2D eigenvalue weighted by Gasteiger charge is -2.27. The summed E-state index contributed by atoms with van der Waals surface area (Å²) in [5.41, 5.74) is 1.70. The fourth-order valence-electron chi connectivity index (χ4n) is 4.47. The van der Waals surface area contributed by atoms with Crippen molar-refractivity contribution in [2.75, 3.05) is 27.4 Å². The summed E-state index contributed by atoms with van der Waals surface area (Å²) >= 11 is 6.33. The van der Waals surface area contributed by atoms with Crippen LogP contribution in [0.2, 0.25) is 5.02 Å². The molecule has 2 atom stereocenters. The van der Waals surface area contributed by atoms with E-state index in [9.17, 15) is 14.7 Å². The largest absolute Gasteiger partial charge is 0.507 e. The molecule has 2 aliphatic rings. The van der Waals surface area contributed by atoms with Crippen LogP contribution in [0.15, 0.2) is 42.0 Å². The first kappa shape index (κ1) is 23.1. The Kier molecular flexibility index (Phi) is 6.63. The predicted molar refractivity (Wildman–Crippen MR) is 124 cm³/mol. The van der Waals surface area contributed by atoms with Crippen molar-refractivity contribution in [1.82, 2.24) is 4.90 Å². The Morgan fingerprint density at radius 3 is 2.52 bits per heavy atom. The van der Waals surface area contributed by atoms with E-state index in [4.69, 9.17) is 25.8 Å². The van der Waals surface area contributed by atoms with Gasteiger partial charge in [-0.15, -0.1) is 0 Å². The van der Waals surface area contributed by atoms with Crippen LogP contribution in [-0.2, 0) is 14.3 Å². The number of aryl methyl sites for hydroxylation is 1. The van der Waals surface area contributed by atoms with Gasteiger partial charge in [0, 0.05) is 13.2 Å². The fraction of sp³-hybridized carbons (Fsp3) is 0.360. The number of hydrogen-bond donors (Lipinski definition) is 1. The third kappa shape index (κ3) is 4.30. The standard InChI is InChI=1S/C25H26ClNO6/c1-14-11-18(24(32-3)19(26)12-14)22(28)20-21(15-6-8-16(31-2)9-7-15)27(25(30)23(20)29)13-17-5-4-10-33-17/h6-9,11-12,17,21,28H,4-5,10,13H2,1-3H3/b22-20+. The van der Waals surface area contributed by atoms with E-state index in [2.05, 4.69) is 0 Å². The first-order chi connectivity index (χ1) is 15.8. The summed E-state index contributed by atoms with van der Waals surface area (Å²) < 4.78 is 16.4. The van der Waals surface area contributed by atoms with E-state index >= 15 is 0 Å². The van der Waals surface area contributed by atoms with Crippen LogP contribution in [0.4, 0.5) is 0 Å². The van der Waals surface area contributed by atoms with Crippen molar-refractivity contribution in [3.8, 4) is 11.5 Å². The van der Waals surface area contributed by atoms with Crippen LogP contribution in [0.5, 0.6) is 11.5 Å². The molecule has 2 aromatic carbocycles. The lowest BCUT2D eigenvalue weighted by Crippen LogP contribution is -2.36. The summed E-state index contributed by atoms with van der Waals surface area (Å²) in [5.74, 6) is -0.886. The normalized spacial score (nSPS) is 22.1. The highest BCUT2D eigenvalue weighted by Crippen LogP contribution is 2.43. The molecule has 2 heterocycles. The molecule has 174 valence electrons. The van der Waals surface area contributed by atoms with E-state index in [0.29, 0.717) is 22.9 Å². The second-order valence-corrected chi connectivity index (χ2v) is 8.59. The molecule has 0 radical (unpaired) electrons. The second-order valence-electron chi connectivity index (χ2n) is 8.19. The van der Waals surface area contributed by atoms with Gasteiger partial charge in [-0.2, -0.15) is 0 Å². The molecular weight excluding hydrogens is 446 g/mol. The van der Waals surface area contributed by atoms with Gasteiger partial charge in [0.2, 0.25) is 0 Å². The zero-order chi connectivity index (χ0) is 23.7. The van der Waals surface area contributed by atoms with Gasteiger partial charge in [0.25, 0.3) is 11.7 Å². The predicted octanol–water partition coefficient (Wildman–Crippen LogP) is 4.27. The van der Waals surface area contributed by atoms with Gasteiger partial charge in [-0.25, -0.2) is 0 Å². The van der Waals surface area contributed by atoms with Gasteiger partial charge in [-0.1, -0.05) is 23.7 Å². The van der Waals surface area contributed by atoms with Crippen molar-refractivity contribution in [1.29, 1.82) is 0 Å². The Balaban J connectivity index is 1.88. The molecule has 2 saturated heterocycles. The van der Waals surface area contributed by atoms with Gasteiger partial charge in [-0.05, 0) is 55.2 Å². The van der Waals surface area contributed by atoms with Crippen molar-refractivity contribution in [3.05, 3.63) is 63.7 Å². The van der Waals surface area contributed by atoms with Crippen LogP contribution in [-0.4, -0.2) is 55.2 Å². The molecule has 2 aromatic rings. The van der Waals surface area contributed by atoms with E-state index in [1.165, 1.54) is 12.0 Å². The number of carbonyl (C=O) groups excluding carboxylic acids is 2. The molecular formula is C25H26ClNO6. The highest BCUT2D eigenvalue weighted by molar-refractivity contribution is 6.46. The third-order valence-corrected chi connectivity index (χ3v) is 6.32. The molecule has 8 heteroatoms. The first-order valence-electron chi connectivity index (χ1n) is 10.7. The highest BCUT2D eigenvalue weighted by atomic mass is 35.5. The van der Waals surface area contributed by atoms with Gasteiger partial charge in [-0.3, -0.25) is 9.59 Å². The number of likely N-dealkylation sites (tertiary alicyclic amines) is 1. The van der Waals surface area contributed by atoms with Crippen molar-refractivity contribution < 1.29 is 28.9 Å². The van der Waals surface area contributed by atoms with Crippen LogP contribution < -0.4 is 9.47 Å². The molecule has 33 heavy (non-hydrogen) atoms. The summed E-state index contributed by atoms with van der Waals surface area (Å²) in [4.78, 5) is 27.8. The molecule has 0 aromatic heterocycles. The average Bonchev–Trinajstić information content (AvgIpc) is 3.40. The number of nitrogens with zero attached hydrogens (tertiary/aromatic N) is 1. The smallest absolute Gasteiger partial charge is 0.295 e. The molecule has 2 unspecified atom stereocenters. The number of carbonyl (C=O) groups is 2. The molecule has 2 aliphatic heterocycles. The minimum Gasteiger partial charge on any atom is -0.507 e. The number of aliphatic hydroxyl groups excluding tert-OH is 1. The molecule has 1 N–H and O–H groups in total. The molecule has 0 aliphatic carbocycles. The van der Waals surface area contributed by atoms with Crippen LogP contribution >= 0.6 is 11.6 Å². The Labute approximate surface area is 197 Å². The molecule has 0 bridgehead atoms. The SMILES string of the molecule is COc1ccc(C2/C(=C(\O)c3cc(C)cc(Cl)c3OC)C(=O)C(=O)N2CC2CCCO2)cc1. The van der Waals surface area contributed by atoms with E-state index in [1.54, 1.807) is 43.5 Å². The maximum Gasteiger partial charge on any atom is 0.295 e. The van der Waals surface area contributed by atoms with Crippen LogP contribution in [0.1, 0.15) is 35.6 Å². The zero-order valence-electron chi connectivity index (χ0n) is 18.8. The first-order valence-corrected chi connectivity index (χ1v) is 11.1. The minimum atomic E-state index is -0.788. The maximum atomic E-state index is 13.2. The van der Waals surface area contributed by atoms with Crippen molar-refractivity contribution >= 4 is 29.1 Å². The molecule has 7 nitrogen and oxygen atoms in total. The van der Waals surface area contributed by atoms with Crippen molar-refractivity contribution in [3.63, 3.8) is 0 Å². The van der Waals surface area contributed by atoms with E-state index < -0.39 is 17.7 Å². The quantitative estimate of drug-likeness (QED) is 0.385. The number of Topliss-reactive ketones (excluding diaryl/α,β-unsaturated/α-hetero) is 1. The molecule has 4 rings (SSSR count). The van der Waals surface area contributed by atoms with Crippen LogP contribution in [0.3, 0.4) is 0 Å². The monoisotopic (exact) mass is 471 g/mol. The van der Waals surface area contributed by atoms with Gasteiger partial charge in [0.15, 0.2) is 0 Å². The summed E-state index contributed by atoms with van der Waals surface area (Å²) in [6, 6.07) is 9.67. The Morgan fingerprint density at radius 2 is 1.91 bits per heavy atom. The summed E-state index contributed by atoms with van der Waals surface area (Å²) in [7, 11) is 3.00. The molecule has 2 fully saturated rings. The number of halogens is 1.